The first-order valence-corrected chi connectivity index (χ1v) is 6.53. The Morgan fingerprint density at radius 1 is 1.15 bits per heavy atom. The summed E-state index contributed by atoms with van der Waals surface area (Å²) in [6.45, 7) is 0. The molecule has 0 fully saturated rings. The molecule has 0 saturated heterocycles. The van der Waals surface area contributed by atoms with Crippen molar-refractivity contribution in [2.75, 3.05) is 7.11 Å². The molecule has 3 rings (SSSR count). The predicted molar refractivity (Wildman–Crippen MR) is 74.5 cm³/mol. The van der Waals surface area contributed by atoms with Crippen molar-refractivity contribution in [1.82, 2.24) is 0 Å². The number of aryl methyl sites for hydroxylation is 1. The zero-order valence-electron chi connectivity index (χ0n) is 11.2. The molecule has 4 heteroatoms. The van der Waals surface area contributed by atoms with Crippen LogP contribution in [0, 0.1) is 0 Å². The second kappa shape index (κ2) is 4.96. The van der Waals surface area contributed by atoms with Crippen molar-refractivity contribution >= 4 is 0 Å². The van der Waals surface area contributed by atoms with Crippen molar-refractivity contribution in [3.8, 4) is 23.0 Å². The maximum absolute atomic E-state index is 10.1. The van der Waals surface area contributed by atoms with Crippen LogP contribution in [0.2, 0.25) is 0 Å². The fourth-order valence-electron chi connectivity index (χ4n) is 2.50. The number of ether oxygens (including phenoxy) is 2. The summed E-state index contributed by atoms with van der Waals surface area (Å²) in [6.07, 6.45) is 1.43. The van der Waals surface area contributed by atoms with Gasteiger partial charge in [0.1, 0.15) is 29.1 Å². The summed E-state index contributed by atoms with van der Waals surface area (Å²) in [5.41, 5.74) is 1.81. The summed E-state index contributed by atoms with van der Waals surface area (Å²) in [6, 6.07) is 10.3. The molecule has 2 aromatic carbocycles. The molecule has 4 nitrogen and oxygen atoms in total. The van der Waals surface area contributed by atoms with Gasteiger partial charge < -0.3 is 19.7 Å². The summed E-state index contributed by atoms with van der Waals surface area (Å²) >= 11 is 0. The van der Waals surface area contributed by atoms with Crippen molar-refractivity contribution in [1.29, 1.82) is 0 Å². The van der Waals surface area contributed by atoms with Crippen LogP contribution in [-0.2, 0) is 6.42 Å². The summed E-state index contributed by atoms with van der Waals surface area (Å²) < 4.78 is 11.0. The lowest BCUT2D eigenvalue weighted by Gasteiger charge is -2.27. The van der Waals surface area contributed by atoms with E-state index in [-0.39, 0.29) is 17.6 Å². The fraction of sp³-hybridized carbons (Fsp3) is 0.250. The molecule has 0 spiro atoms. The third kappa shape index (κ3) is 2.25. The van der Waals surface area contributed by atoms with Gasteiger partial charge in [-0.15, -0.1) is 0 Å². The van der Waals surface area contributed by atoms with Gasteiger partial charge in [0.25, 0.3) is 0 Å². The highest BCUT2D eigenvalue weighted by molar-refractivity contribution is 5.45. The number of rotatable bonds is 2. The highest BCUT2D eigenvalue weighted by Crippen LogP contribution is 2.40. The SMILES string of the molecule is COc1ccc(C2CCc3ccc(O)cc3O2)c(O)c1. The zero-order chi connectivity index (χ0) is 14.1. The number of aromatic hydroxyl groups is 2. The summed E-state index contributed by atoms with van der Waals surface area (Å²) in [4.78, 5) is 0. The second-order valence-electron chi connectivity index (χ2n) is 4.86. The van der Waals surface area contributed by atoms with Gasteiger partial charge in [-0.2, -0.15) is 0 Å². The fourth-order valence-corrected chi connectivity index (χ4v) is 2.50. The highest BCUT2D eigenvalue weighted by atomic mass is 16.5. The topological polar surface area (TPSA) is 58.9 Å². The molecule has 20 heavy (non-hydrogen) atoms. The van der Waals surface area contributed by atoms with Crippen LogP contribution in [0.15, 0.2) is 36.4 Å². The Hall–Kier alpha value is -2.36. The Bertz CT molecular complexity index is 636. The first kappa shape index (κ1) is 12.7. The molecular weight excluding hydrogens is 256 g/mol. The number of phenols is 2. The Kier molecular flexibility index (Phi) is 3.14. The molecule has 104 valence electrons. The lowest BCUT2D eigenvalue weighted by atomic mass is 9.96. The van der Waals surface area contributed by atoms with Gasteiger partial charge in [-0.25, -0.2) is 0 Å². The molecule has 1 atom stereocenters. The number of benzene rings is 2. The van der Waals surface area contributed by atoms with Gasteiger partial charge in [0.05, 0.1) is 7.11 Å². The van der Waals surface area contributed by atoms with E-state index in [4.69, 9.17) is 9.47 Å². The van der Waals surface area contributed by atoms with E-state index in [1.807, 2.05) is 12.1 Å². The molecule has 2 N–H and O–H groups in total. The maximum Gasteiger partial charge on any atom is 0.128 e. The van der Waals surface area contributed by atoms with Crippen molar-refractivity contribution in [2.24, 2.45) is 0 Å². The van der Waals surface area contributed by atoms with E-state index in [9.17, 15) is 10.2 Å². The molecule has 0 radical (unpaired) electrons. The average molecular weight is 272 g/mol. The molecule has 0 amide bonds. The first-order valence-electron chi connectivity index (χ1n) is 6.53. The van der Waals surface area contributed by atoms with Crippen LogP contribution in [0.4, 0.5) is 0 Å². The third-order valence-electron chi connectivity index (χ3n) is 3.58. The van der Waals surface area contributed by atoms with Crippen LogP contribution in [0.3, 0.4) is 0 Å². The molecule has 0 aliphatic carbocycles. The summed E-state index contributed by atoms with van der Waals surface area (Å²) in [5.74, 6) is 1.64. The van der Waals surface area contributed by atoms with E-state index in [0.29, 0.717) is 11.5 Å². The molecule has 0 bridgehead atoms. The quantitative estimate of drug-likeness (QED) is 0.881. The normalized spacial score (nSPS) is 17.1. The standard InChI is InChI=1S/C16H16O4/c1-19-12-5-6-13(14(18)9-12)15-7-3-10-2-4-11(17)8-16(10)20-15/h2,4-6,8-9,15,17-18H,3,7H2,1H3. The van der Waals surface area contributed by atoms with Gasteiger partial charge in [-0.3, -0.25) is 0 Å². The van der Waals surface area contributed by atoms with Crippen LogP contribution >= 0.6 is 0 Å². The van der Waals surface area contributed by atoms with E-state index >= 15 is 0 Å². The van der Waals surface area contributed by atoms with E-state index in [1.54, 1.807) is 31.4 Å². The predicted octanol–water partition coefficient (Wildman–Crippen LogP) is 3.17. The van der Waals surface area contributed by atoms with Gasteiger partial charge >= 0.3 is 0 Å². The lowest BCUT2D eigenvalue weighted by Crippen LogP contribution is -2.15. The first-order chi connectivity index (χ1) is 9.67. The number of hydrogen-bond donors (Lipinski definition) is 2. The van der Waals surface area contributed by atoms with Crippen LogP contribution < -0.4 is 9.47 Å². The Balaban J connectivity index is 1.90. The van der Waals surface area contributed by atoms with Gasteiger partial charge in [0.2, 0.25) is 0 Å². The summed E-state index contributed by atoms with van der Waals surface area (Å²) in [5, 5.41) is 19.6. The molecule has 0 aromatic heterocycles. The molecule has 1 aliphatic rings. The number of fused-ring (bicyclic) bond motifs is 1. The van der Waals surface area contributed by atoms with Crippen LogP contribution in [0.25, 0.3) is 0 Å². The Labute approximate surface area is 117 Å². The lowest BCUT2D eigenvalue weighted by molar-refractivity contribution is 0.172. The number of hydrogen-bond acceptors (Lipinski definition) is 4. The minimum Gasteiger partial charge on any atom is -0.508 e. The Morgan fingerprint density at radius 2 is 2.00 bits per heavy atom. The van der Waals surface area contributed by atoms with Crippen molar-refractivity contribution < 1.29 is 19.7 Å². The van der Waals surface area contributed by atoms with E-state index in [2.05, 4.69) is 0 Å². The van der Waals surface area contributed by atoms with Crippen LogP contribution in [-0.4, -0.2) is 17.3 Å². The molecule has 1 unspecified atom stereocenters. The molecule has 0 saturated carbocycles. The zero-order valence-corrected chi connectivity index (χ0v) is 11.2. The van der Waals surface area contributed by atoms with Crippen molar-refractivity contribution in [3.63, 3.8) is 0 Å². The number of methoxy groups -OCH3 is 1. The van der Waals surface area contributed by atoms with Crippen LogP contribution in [0.5, 0.6) is 23.0 Å². The maximum atomic E-state index is 10.1. The molecule has 2 aromatic rings. The van der Waals surface area contributed by atoms with E-state index in [1.165, 1.54) is 0 Å². The van der Waals surface area contributed by atoms with Gasteiger partial charge in [0.15, 0.2) is 0 Å². The average Bonchev–Trinajstić information content (AvgIpc) is 2.46. The van der Waals surface area contributed by atoms with Crippen molar-refractivity contribution in [3.05, 3.63) is 47.5 Å². The largest absolute Gasteiger partial charge is 0.508 e. The number of phenolic OH excluding ortho intramolecular Hbond substituents is 2. The van der Waals surface area contributed by atoms with Crippen molar-refractivity contribution in [2.45, 2.75) is 18.9 Å². The summed E-state index contributed by atoms with van der Waals surface area (Å²) in [7, 11) is 1.56. The van der Waals surface area contributed by atoms with Gasteiger partial charge in [-0.1, -0.05) is 6.07 Å². The Morgan fingerprint density at radius 3 is 2.75 bits per heavy atom. The second-order valence-corrected chi connectivity index (χ2v) is 4.86. The third-order valence-corrected chi connectivity index (χ3v) is 3.58. The molecule has 1 aliphatic heterocycles. The van der Waals surface area contributed by atoms with E-state index < -0.39 is 0 Å². The highest BCUT2D eigenvalue weighted by Gasteiger charge is 2.24. The van der Waals surface area contributed by atoms with Gasteiger partial charge in [0, 0.05) is 17.7 Å². The molecule has 1 heterocycles. The van der Waals surface area contributed by atoms with E-state index in [0.717, 1.165) is 24.0 Å². The smallest absolute Gasteiger partial charge is 0.128 e. The minimum atomic E-state index is -0.213. The van der Waals surface area contributed by atoms with Crippen LogP contribution in [0.1, 0.15) is 23.7 Å². The minimum absolute atomic E-state index is 0.165. The molecular formula is C16H16O4. The van der Waals surface area contributed by atoms with Gasteiger partial charge in [-0.05, 0) is 36.6 Å². The monoisotopic (exact) mass is 272 g/mol.